The van der Waals surface area contributed by atoms with E-state index in [0.717, 1.165) is 66.6 Å². The molecule has 0 amide bonds. The predicted octanol–water partition coefficient (Wildman–Crippen LogP) is 11.6. The Morgan fingerprint density at radius 2 is 1.45 bits per heavy atom. The monoisotopic (exact) mass is 848 g/mol. The smallest absolute Gasteiger partial charge is 0.135 e. The van der Waals surface area contributed by atoms with E-state index < -0.39 is 0 Å². The molecule has 0 bridgehead atoms. The van der Waals surface area contributed by atoms with Gasteiger partial charge in [0.1, 0.15) is 17.0 Å². The molecule has 1 aliphatic heterocycles. The van der Waals surface area contributed by atoms with E-state index in [1.54, 1.807) is 0 Å². The average Bonchev–Trinajstić information content (AvgIpc) is 3.76. The van der Waals surface area contributed by atoms with Gasteiger partial charge in [0.25, 0.3) is 0 Å². The molecule has 3 aromatic heterocycles. The van der Waals surface area contributed by atoms with Gasteiger partial charge in [-0.05, 0) is 79.6 Å². The van der Waals surface area contributed by atoms with E-state index >= 15 is 0 Å². The number of benzene rings is 5. The molecule has 5 aromatic carbocycles. The Labute approximate surface area is 312 Å². The summed E-state index contributed by atoms with van der Waals surface area (Å²) in [5, 5.41) is 4.26. The zero-order valence-electron chi connectivity index (χ0n) is 29.4. The van der Waals surface area contributed by atoms with Crippen molar-refractivity contribution in [3.8, 4) is 17.3 Å². The SMILES string of the molecule is CC(C)(C)c1ccnc(-n2c3[c-]c(Oc4[c-]c(N5[CH-]N(C(C)(C)C)c6ccccc65)ccc4)ccc3c3cc4oc5ccccc5c4cc32)c1.[Pt]. The number of aromatic nitrogens is 2. The van der Waals surface area contributed by atoms with Gasteiger partial charge in [-0.2, -0.15) is 18.8 Å². The molecule has 0 spiro atoms. The molecule has 0 radical (unpaired) electrons. The molecule has 7 heteroatoms. The van der Waals surface area contributed by atoms with Crippen LogP contribution in [0.2, 0.25) is 0 Å². The van der Waals surface area contributed by atoms with Crippen LogP contribution in [0.5, 0.6) is 11.5 Å². The molecule has 258 valence electrons. The molecule has 51 heavy (non-hydrogen) atoms. The first-order valence-corrected chi connectivity index (χ1v) is 17.0. The van der Waals surface area contributed by atoms with Gasteiger partial charge in [0.2, 0.25) is 0 Å². The van der Waals surface area contributed by atoms with Gasteiger partial charge in [0, 0.05) is 72.0 Å². The topological polar surface area (TPSA) is 46.7 Å². The van der Waals surface area contributed by atoms with Crippen molar-refractivity contribution in [1.82, 2.24) is 9.55 Å². The Morgan fingerprint density at radius 3 is 2.25 bits per heavy atom. The molecule has 0 unspecified atom stereocenters. The molecule has 1 aliphatic rings. The van der Waals surface area contributed by atoms with Crippen molar-refractivity contribution in [2.75, 3.05) is 9.80 Å². The summed E-state index contributed by atoms with van der Waals surface area (Å²) >= 11 is 0. The van der Waals surface area contributed by atoms with E-state index in [4.69, 9.17) is 14.1 Å². The van der Waals surface area contributed by atoms with E-state index in [0.29, 0.717) is 11.5 Å². The van der Waals surface area contributed by atoms with Crippen molar-refractivity contribution in [2.24, 2.45) is 0 Å². The predicted molar refractivity (Wildman–Crippen MR) is 204 cm³/mol. The fraction of sp³-hybridized carbons (Fsp3) is 0.182. The second-order valence-electron chi connectivity index (χ2n) is 15.1. The normalized spacial score (nSPS) is 13.4. The van der Waals surface area contributed by atoms with Crippen LogP contribution in [0.3, 0.4) is 0 Å². The molecule has 0 atom stereocenters. The number of hydrogen-bond donors (Lipinski definition) is 0. The minimum absolute atomic E-state index is 0. The third kappa shape index (κ3) is 5.57. The summed E-state index contributed by atoms with van der Waals surface area (Å²) in [6.45, 7) is 15.5. The molecule has 0 aliphatic carbocycles. The zero-order valence-corrected chi connectivity index (χ0v) is 31.7. The van der Waals surface area contributed by atoms with Crippen LogP contribution in [0.1, 0.15) is 47.1 Å². The molecule has 0 fully saturated rings. The first-order chi connectivity index (χ1) is 24.0. The summed E-state index contributed by atoms with van der Waals surface area (Å²) in [5.74, 6) is 2.04. The summed E-state index contributed by atoms with van der Waals surface area (Å²) in [5.41, 5.74) is 7.89. The first-order valence-electron chi connectivity index (χ1n) is 17.0. The Balaban J connectivity index is 0.00000374. The van der Waals surface area contributed by atoms with Crippen LogP contribution in [0.4, 0.5) is 17.1 Å². The van der Waals surface area contributed by atoms with E-state index in [2.05, 4.69) is 148 Å². The Kier molecular flexibility index (Phi) is 7.81. The van der Waals surface area contributed by atoms with Gasteiger partial charge in [0.05, 0.1) is 0 Å². The van der Waals surface area contributed by atoms with Crippen molar-refractivity contribution in [3.05, 3.63) is 134 Å². The van der Waals surface area contributed by atoms with E-state index in [-0.39, 0.29) is 32.0 Å². The van der Waals surface area contributed by atoms with Crippen LogP contribution < -0.4 is 14.5 Å². The summed E-state index contributed by atoms with van der Waals surface area (Å²) in [6.07, 6.45) is 1.90. The van der Waals surface area contributed by atoms with E-state index in [9.17, 15) is 0 Å². The Hall–Kier alpha value is -5.06. The molecule has 4 heterocycles. The van der Waals surface area contributed by atoms with Crippen LogP contribution in [0, 0.1) is 18.8 Å². The number of ether oxygens (including phenoxy) is 1. The fourth-order valence-corrected chi connectivity index (χ4v) is 7.04. The van der Waals surface area contributed by atoms with Crippen LogP contribution >= 0.6 is 0 Å². The van der Waals surface area contributed by atoms with Gasteiger partial charge >= 0.3 is 0 Å². The van der Waals surface area contributed by atoms with Gasteiger partial charge in [-0.3, -0.25) is 0 Å². The number of rotatable bonds is 4. The van der Waals surface area contributed by atoms with Crippen molar-refractivity contribution in [2.45, 2.75) is 52.5 Å². The molecular formula is C44H37N4O2Pt-3. The summed E-state index contributed by atoms with van der Waals surface area (Å²) < 4.78 is 15.1. The molecule has 6 nitrogen and oxygen atoms in total. The molecule has 0 N–H and O–H groups in total. The fourth-order valence-electron chi connectivity index (χ4n) is 7.04. The number of furan rings is 1. The van der Waals surface area contributed by atoms with Gasteiger partial charge < -0.3 is 23.5 Å². The summed E-state index contributed by atoms with van der Waals surface area (Å²) in [4.78, 5) is 9.37. The van der Waals surface area contributed by atoms with Gasteiger partial charge in [-0.1, -0.05) is 56.6 Å². The maximum absolute atomic E-state index is 6.54. The van der Waals surface area contributed by atoms with E-state index in [1.807, 2.05) is 36.5 Å². The van der Waals surface area contributed by atoms with Crippen molar-refractivity contribution < 1.29 is 30.2 Å². The summed E-state index contributed by atoms with van der Waals surface area (Å²) in [6, 6.07) is 42.5. The zero-order chi connectivity index (χ0) is 34.4. The average molecular weight is 849 g/mol. The molecule has 8 aromatic rings. The number of para-hydroxylation sites is 3. The molecule has 0 saturated carbocycles. The van der Waals surface area contributed by atoms with Crippen LogP contribution in [-0.4, -0.2) is 15.1 Å². The number of hydrogen-bond acceptors (Lipinski definition) is 5. The summed E-state index contributed by atoms with van der Waals surface area (Å²) in [7, 11) is 0. The molecule has 9 rings (SSSR count). The Morgan fingerprint density at radius 1 is 0.686 bits per heavy atom. The minimum atomic E-state index is -0.0846. The van der Waals surface area contributed by atoms with Gasteiger partial charge in [-0.15, -0.1) is 41.4 Å². The molecular weight excluding hydrogens is 812 g/mol. The van der Waals surface area contributed by atoms with Crippen LogP contribution in [0.15, 0.2) is 114 Å². The second-order valence-corrected chi connectivity index (χ2v) is 15.1. The quantitative estimate of drug-likeness (QED) is 0.165. The van der Waals surface area contributed by atoms with Crippen molar-refractivity contribution in [1.29, 1.82) is 0 Å². The van der Waals surface area contributed by atoms with Crippen LogP contribution in [0.25, 0.3) is 49.6 Å². The number of pyridine rings is 1. The minimum Gasteiger partial charge on any atom is -0.509 e. The Bertz CT molecular complexity index is 2610. The number of anilines is 3. The maximum Gasteiger partial charge on any atom is 0.135 e. The van der Waals surface area contributed by atoms with Crippen molar-refractivity contribution in [3.63, 3.8) is 0 Å². The van der Waals surface area contributed by atoms with Gasteiger partial charge in [-0.25, -0.2) is 4.98 Å². The largest absolute Gasteiger partial charge is 0.509 e. The maximum atomic E-state index is 6.54. The third-order valence-corrected chi connectivity index (χ3v) is 9.58. The molecule has 0 saturated heterocycles. The first kappa shape index (κ1) is 33.1. The van der Waals surface area contributed by atoms with E-state index in [1.165, 1.54) is 5.56 Å². The number of nitrogens with zero attached hydrogens (tertiary/aromatic N) is 4. The second kappa shape index (κ2) is 12.0. The standard InChI is InChI=1S/C44H37N4O2.Pt/c1-43(2,3)28-20-21-45-42(22-28)48-38-24-31(18-19-32(38)34-26-41-35(25-39(34)48)33-14-7-10-17-40(33)50-41)49-30-13-11-12-29(23-30)46-27-47(44(4,5)6)37-16-9-8-15-36(37)46;/h7-22,25-27H,1-6H3;/q-3;. The third-order valence-electron chi connectivity index (χ3n) is 9.58. The van der Waals surface area contributed by atoms with Gasteiger partial charge in [0.15, 0.2) is 0 Å². The van der Waals surface area contributed by atoms with Crippen LogP contribution in [-0.2, 0) is 26.5 Å². The van der Waals surface area contributed by atoms with Crippen molar-refractivity contribution >= 4 is 60.8 Å². The number of fused-ring (bicyclic) bond motifs is 7.